The number of carbonyl (C=O) groups is 1. The molecule has 0 atom stereocenters. The van der Waals surface area contributed by atoms with Crippen molar-refractivity contribution < 1.29 is 13.2 Å². The Morgan fingerprint density at radius 1 is 1.07 bits per heavy atom. The highest BCUT2D eigenvalue weighted by atomic mass is 32.2. The highest BCUT2D eigenvalue weighted by Crippen LogP contribution is 2.34. The van der Waals surface area contributed by atoms with Crippen LogP contribution in [0.2, 0.25) is 0 Å². The van der Waals surface area contributed by atoms with Crippen LogP contribution >= 0.6 is 0 Å². The number of sulfonamides is 1. The second-order valence-electron chi connectivity index (χ2n) is 8.17. The van der Waals surface area contributed by atoms with Crippen molar-refractivity contribution in [2.24, 2.45) is 5.41 Å². The van der Waals surface area contributed by atoms with Gasteiger partial charge in [0.1, 0.15) is 0 Å². The number of benzene rings is 2. The first kappa shape index (κ1) is 19.4. The Morgan fingerprint density at radius 3 is 2.44 bits per heavy atom. The first-order valence-corrected chi connectivity index (χ1v) is 10.5. The lowest BCUT2D eigenvalue weighted by Crippen LogP contribution is -2.38. The van der Waals surface area contributed by atoms with Crippen molar-refractivity contribution in [3.05, 3.63) is 53.1 Å². The van der Waals surface area contributed by atoms with Gasteiger partial charge in [0.15, 0.2) is 0 Å². The average molecular weight is 387 g/mol. The molecule has 2 aromatic carbocycles. The number of carbonyl (C=O) groups excluding carboxylic acids is 1. The number of hydrogen-bond acceptors (Lipinski definition) is 3. The molecule has 0 saturated carbocycles. The molecule has 1 aliphatic heterocycles. The fourth-order valence-electron chi connectivity index (χ4n) is 3.29. The van der Waals surface area contributed by atoms with Gasteiger partial charge in [-0.05, 0) is 61.2 Å². The van der Waals surface area contributed by atoms with Crippen molar-refractivity contribution in [3.8, 4) is 0 Å². The summed E-state index contributed by atoms with van der Waals surface area (Å²) in [5.74, 6) is 0.0740. The lowest BCUT2D eigenvalue weighted by atomic mass is 9.94. The third-order valence-corrected chi connectivity index (χ3v) is 6.27. The third kappa shape index (κ3) is 3.86. The summed E-state index contributed by atoms with van der Waals surface area (Å²) in [6.45, 7) is 9.99. The van der Waals surface area contributed by atoms with E-state index in [0.29, 0.717) is 17.8 Å². The summed E-state index contributed by atoms with van der Waals surface area (Å²) in [5, 5.41) is 0. The molecular weight excluding hydrogens is 360 g/mol. The number of nitrogens with zero attached hydrogens (tertiary/aromatic N) is 1. The predicted octanol–water partition coefficient (Wildman–Crippen LogP) is 4.04. The molecule has 144 valence electrons. The molecule has 0 radical (unpaired) electrons. The third-order valence-electron chi connectivity index (χ3n) is 4.75. The lowest BCUT2D eigenvalue weighted by Gasteiger charge is -2.26. The molecule has 1 N–H and O–H groups in total. The number of amides is 1. The van der Waals surface area contributed by atoms with Crippen molar-refractivity contribution in [2.75, 3.05) is 16.2 Å². The van der Waals surface area contributed by atoms with Crippen molar-refractivity contribution in [1.82, 2.24) is 0 Å². The smallest absolute Gasteiger partial charge is 0.262 e. The zero-order valence-electron chi connectivity index (χ0n) is 16.5. The number of aryl methyl sites for hydroxylation is 2. The van der Waals surface area contributed by atoms with Crippen LogP contribution in [0.4, 0.5) is 11.4 Å². The summed E-state index contributed by atoms with van der Waals surface area (Å²) in [7, 11) is -3.67. The van der Waals surface area contributed by atoms with E-state index < -0.39 is 15.4 Å². The lowest BCUT2D eigenvalue weighted by molar-refractivity contribution is -0.125. The second kappa shape index (κ2) is 6.68. The van der Waals surface area contributed by atoms with Crippen molar-refractivity contribution in [3.63, 3.8) is 0 Å². The molecule has 5 nitrogen and oxygen atoms in total. The average Bonchev–Trinajstić information content (AvgIpc) is 2.98. The molecule has 0 unspecified atom stereocenters. The first-order valence-electron chi connectivity index (χ1n) is 9.04. The number of rotatable bonds is 3. The zero-order valence-corrected chi connectivity index (χ0v) is 17.3. The normalized spacial score (nSPS) is 14.2. The minimum absolute atomic E-state index is 0.0740. The molecule has 0 fully saturated rings. The first-order chi connectivity index (χ1) is 12.5. The summed E-state index contributed by atoms with van der Waals surface area (Å²) in [6, 6.07) is 10.7. The van der Waals surface area contributed by atoms with Crippen LogP contribution in [-0.4, -0.2) is 20.9 Å². The van der Waals surface area contributed by atoms with E-state index in [1.54, 1.807) is 24.0 Å². The van der Waals surface area contributed by atoms with Crippen LogP contribution < -0.4 is 9.62 Å². The van der Waals surface area contributed by atoms with Gasteiger partial charge in [-0.2, -0.15) is 0 Å². The summed E-state index contributed by atoms with van der Waals surface area (Å²) in [6.07, 6.45) is 0.718. The summed E-state index contributed by atoms with van der Waals surface area (Å²) in [5.41, 5.74) is 3.51. The molecule has 3 rings (SSSR count). The monoisotopic (exact) mass is 386 g/mol. The van der Waals surface area contributed by atoms with E-state index in [1.807, 2.05) is 52.0 Å². The largest absolute Gasteiger partial charge is 0.311 e. The number of nitrogens with one attached hydrogen (secondary N) is 1. The van der Waals surface area contributed by atoms with E-state index in [9.17, 15) is 13.2 Å². The molecule has 0 spiro atoms. The zero-order chi connectivity index (χ0) is 20.0. The standard InChI is InChI=1S/C21H26N2O3S/c1-14-6-7-15(2)19(12-14)27(25,26)22-17-8-9-18-16(13-17)10-11-23(18)20(24)21(3,4)5/h6-9,12-13,22H,10-11H2,1-5H3. The van der Waals surface area contributed by atoms with Gasteiger partial charge in [0.25, 0.3) is 10.0 Å². The van der Waals surface area contributed by atoms with Gasteiger partial charge in [0.05, 0.1) is 4.90 Å². The Bertz CT molecular complexity index is 1000. The van der Waals surface area contributed by atoms with E-state index in [1.165, 1.54) is 0 Å². The molecule has 6 heteroatoms. The maximum atomic E-state index is 12.8. The van der Waals surface area contributed by atoms with Gasteiger partial charge >= 0.3 is 0 Å². The van der Waals surface area contributed by atoms with E-state index in [-0.39, 0.29) is 10.8 Å². The maximum absolute atomic E-state index is 12.8. The van der Waals surface area contributed by atoms with Crippen LogP contribution in [-0.2, 0) is 21.2 Å². The van der Waals surface area contributed by atoms with Crippen molar-refractivity contribution in [2.45, 2.75) is 45.9 Å². The number of hydrogen-bond donors (Lipinski definition) is 1. The molecule has 1 amide bonds. The van der Waals surface area contributed by atoms with Crippen LogP contribution in [0.1, 0.15) is 37.5 Å². The molecule has 0 bridgehead atoms. The Morgan fingerprint density at radius 2 is 1.78 bits per heavy atom. The van der Waals surface area contributed by atoms with E-state index >= 15 is 0 Å². The van der Waals surface area contributed by atoms with Gasteiger partial charge in [-0.15, -0.1) is 0 Å². The minimum atomic E-state index is -3.67. The summed E-state index contributed by atoms with van der Waals surface area (Å²) in [4.78, 5) is 14.7. The fourth-order valence-corrected chi connectivity index (χ4v) is 4.67. The predicted molar refractivity (Wildman–Crippen MR) is 109 cm³/mol. The van der Waals surface area contributed by atoms with E-state index in [0.717, 1.165) is 23.2 Å². The molecule has 0 aliphatic carbocycles. The molecule has 0 aromatic heterocycles. The van der Waals surface area contributed by atoms with Crippen LogP contribution in [0.15, 0.2) is 41.3 Å². The summed E-state index contributed by atoms with van der Waals surface area (Å²) >= 11 is 0. The Labute approximate surface area is 161 Å². The molecule has 2 aromatic rings. The maximum Gasteiger partial charge on any atom is 0.262 e. The van der Waals surface area contributed by atoms with Gasteiger partial charge in [-0.1, -0.05) is 32.9 Å². The highest BCUT2D eigenvalue weighted by molar-refractivity contribution is 7.92. The quantitative estimate of drug-likeness (QED) is 0.866. The molecule has 1 aliphatic rings. The number of anilines is 2. The Balaban J connectivity index is 1.89. The Kier molecular flexibility index (Phi) is 4.80. The molecule has 27 heavy (non-hydrogen) atoms. The van der Waals surface area contributed by atoms with Crippen molar-refractivity contribution in [1.29, 1.82) is 0 Å². The van der Waals surface area contributed by atoms with Crippen LogP contribution in [0.3, 0.4) is 0 Å². The van der Waals surface area contributed by atoms with Gasteiger partial charge in [0.2, 0.25) is 5.91 Å². The van der Waals surface area contributed by atoms with Gasteiger partial charge in [-0.25, -0.2) is 8.42 Å². The topological polar surface area (TPSA) is 66.5 Å². The van der Waals surface area contributed by atoms with Crippen LogP contribution in [0.5, 0.6) is 0 Å². The van der Waals surface area contributed by atoms with E-state index in [4.69, 9.17) is 0 Å². The highest BCUT2D eigenvalue weighted by Gasteiger charge is 2.32. The van der Waals surface area contributed by atoms with Crippen LogP contribution in [0, 0.1) is 19.3 Å². The second-order valence-corrected chi connectivity index (χ2v) is 9.83. The number of fused-ring (bicyclic) bond motifs is 1. The van der Waals surface area contributed by atoms with Gasteiger partial charge in [0, 0.05) is 23.3 Å². The van der Waals surface area contributed by atoms with Gasteiger partial charge < -0.3 is 4.90 Å². The van der Waals surface area contributed by atoms with Crippen molar-refractivity contribution >= 4 is 27.3 Å². The molecular formula is C21H26N2O3S. The van der Waals surface area contributed by atoms with Gasteiger partial charge in [-0.3, -0.25) is 9.52 Å². The minimum Gasteiger partial charge on any atom is -0.311 e. The van der Waals surface area contributed by atoms with E-state index in [2.05, 4.69) is 4.72 Å². The van der Waals surface area contributed by atoms with Crippen LogP contribution in [0.25, 0.3) is 0 Å². The fraction of sp³-hybridized carbons (Fsp3) is 0.381. The molecule has 0 saturated heterocycles. The SMILES string of the molecule is Cc1ccc(C)c(S(=O)(=O)Nc2ccc3c(c2)CCN3C(=O)C(C)(C)C)c1. The Hall–Kier alpha value is -2.34. The molecule has 1 heterocycles. The summed E-state index contributed by atoms with van der Waals surface area (Å²) < 4.78 is 28.3.